The van der Waals surface area contributed by atoms with E-state index in [0.717, 1.165) is 29.9 Å². The molecule has 0 aromatic heterocycles. The molecule has 31 heavy (non-hydrogen) atoms. The molecule has 3 rings (SSSR count). The highest BCUT2D eigenvalue weighted by atomic mass is 19.4. The van der Waals surface area contributed by atoms with Crippen LogP contribution >= 0.6 is 0 Å². The monoisotopic (exact) mass is 442 g/mol. The molecule has 1 atom stereocenters. The van der Waals surface area contributed by atoms with Crippen molar-refractivity contribution in [3.63, 3.8) is 0 Å². The highest BCUT2D eigenvalue weighted by Crippen LogP contribution is 2.39. The zero-order chi connectivity index (χ0) is 22.8. The lowest BCUT2D eigenvalue weighted by atomic mass is 10.1. The number of ether oxygens (including phenoxy) is 1. The highest BCUT2D eigenvalue weighted by molar-refractivity contribution is 6.09. The third-order valence-electron chi connectivity index (χ3n) is 5.32. The first-order valence-corrected chi connectivity index (χ1v) is 10.1. The average molecular weight is 442 g/mol. The lowest BCUT2D eigenvalue weighted by molar-refractivity contribution is -0.138. The summed E-state index contributed by atoms with van der Waals surface area (Å²) < 4.78 is 46.1. The van der Waals surface area contributed by atoms with Gasteiger partial charge in [-0.25, -0.2) is 0 Å². The van der Waals surface area contributed by atoms with Crippen LogP contribution in [0, 0.1) is 5.92 Å². The first-order valence-electron chi connectivity index (χ1n) is 10.1. The van der Waals surface area contributed by atoms with Crippen LogP contribution in [0.3, 0.4) is 0 Å². The van der Waals surface area contributed by atoms with Gasteiger partial charge in [0.1, 0.15) is 6.61 Å². The fourth-order valence-electron chi connectivity index (χ4n) is 3.58. The van der Waals surface area contributed by atoms with Gasteiger partial charge in [0.25, 0.3) is 11.8 Å². The van der Waals surface area contributed by atoms with Crippen molar-refractivity contribution in [1.82, 2.24) is 4.90 Å². The summed E-state index contributed by atoms with van der Waals surface area (Å²) in [7, 11) is 0. The van der Waals surface area contributed by atoms with Crippen LogP contribution in [0.25, 0.3) is 0 Å². The Hall–Kier alpha value is -2.66. The molecule has 0 spiro atoms. The fraction of sp³-hybridized carbons (Fsp3) is 0.550. The number of amides is 3. The van der Waals surface area contributed by atoms with E-state index in [1.807, 2.05) is 0 Å². The number of anilines is 2. The number of alkyl halides is 3. The van der Waals surface area contributed by atoms with E-state index in [2.05, 4.69) is 5.32 Å². The number of carbonyl (C=O) groups excluding carboxylic acids is 3. The second-order valence-corrected chi connectivity index (χ2v) is 7.65. The van der Waals surface area contributed by atoms with Crippen LogP contribution in [0.4, 0.5) is 24.5 Å². The van der Waals surface area contributed by atoms with Gasteiger partial charge in [-0.05, 0) is 43.5 Å². The number of nitrogens with one attached hydrogen (secondary N) is 1. The maximum atomic E-state index is 13.7. The van der Waals surface area contributed by atoms with Gasteiger partial charge in [0, 0.05) is 18.8 Å². The van der Waals surface area contributed by atoms with Crippen molar-refractivity contribution >= 4 is 29.1 Å². The van der Waals surface area contributed by atoms with E-state index in [1.165, 1.54) is 6.07 Å². The van der Waals surface area contributed by atoms with E-state index in [0.29, 0.717) is 19.0 Å². The van der Waals surface area contributed by atoms with Gasteiger partial charge in [-0.15, -0.1) is 0 Å². The van der Waals surface area contributed by atoms with Gasteiger partial charge in [0.15, 0.2) is 6.04 Å². The Labute approximate surface area is 177 Å². The number of hydrogen-bond acceptors (Lipinski definition) is 5. The van der Waals surface area contributed by atoms with E-state index in [-0.39, 0.29) is 31.1 Å². The van der Waals surface area contributed by atoms with Crippen LogP contribution in [0.1, 0.15) is 25.3 Å². The van der Waals surface area contributed by atoms with Crippen molar-refractivity contribution in [2.24, 2.45) is 11.7 Å². The molecule has 3 amide bonds. The number of rotatable bonds is 8. The Morgan fingerprint density at radius 2 is 2.06 bits per heavy atom. The number of likely N-dealkylation sites (N-methyl/N-ethyl adjacent to an activating group) is 1. The number of halogens is 3. The highest BCUT2D eigenvalue weighted by Gasteiger charge is 2.38. The quantitative estimate of drug-likeness (QED) is 0.595. The van der Waals surface area contributed by atoms with Crippen molar-refractivity contribution in [3.8, 4) is 0 Å². The Morgan fingerprint density at radius 1 is 1.35 bits per heavy atom. The topological polar surface area (TPSA) is 105 Å². The van der Waals surface area contributed by atoms with Gasteiger partial charge in [-0.3, -0.25) is 19.3 Å². The van der Waals surface area contributed by atoms with E-state index in [9.17, 15) is 27.6 Å². The third-order valence-corrected chi connectivity index (χ3v) is 5.32. The molecule has 2 fully saturated rings. The lowest BCUT2D eigenvalue weighted by Gasteiger charge is -2.30. The largest absolute Gasteiger partial charge is 0.418 e. The van der Waals surface area contributed by atoms with Crippen LogP contribution < -0.4 is 16.0 Å². The Balaban J connectivity index is 1.85. The smallest absolute Gasteiger partial charge is 0.370 e. The Morgan fingerprint density at radius 3 is 2.61 bits per heavy atom. The normalized spacial score (nSPS) is 18.2. The molecule has 0 radical (unpaired) electrons. The summed E-state index contributed by atoms with van der Waals surface area (Å²) in [6, 6.07) is 1.86. The number of carbonyl (C=O) groups is 3. The van der Waals surface area contributed by atoms with E-state index in [1.54, 1.807) is 11.8 Å². The van der Waals surface area contributed by atoms with Crippen LogP contribution in [0.2, 0.25) is 0 Å². The third kappa shape index (κ3) is 5.53. The number of nitrogens with zero attached hydrogens (tertiary/aromatic N) is 2. The van der Waals surface area contributed by atoms with Crippen molar-refractivity contribution in [2.45, 2.75) is 32.0 Å². The van der Waals surface area contributed by atoms with Crippen molar-refractivity contribution in [2.75, 3.05) is 43.1 Å². The van der Waals surface area contributed by atoms with Crippen LogP contribution in [-0.2, 0) is 25.3 Å². The summed E-state index contributed by atoms with van der Waals surface area (Å²) in [5.74, 6) is -1.86. The summed E-state index contributed by atoms with van der Waals surface area (Å²) in [6.45, 7) is 2.50. The minimum absolute atomic E-state index is 0.00993. The molecule has 1 saturated carbocycles. The van der Waals surface area contributed by atoms with Gasteiger partial charge in [0.2, 0.25) is 5.91 Å². The molecule has 170 valence electrons. The van der Waals surface area contributed by atoms with Crippen LogP contribution in [0.5, 0.6) is 0 Å². The predicted octanol–water partition coefficient (Wildman–Crippen LogP) is 1.59. The lowest BCUT2D eigenvalue weighted by Crippen LogP contribution is -2.52. The van der Waals surface area contributed by atoms with Crippen molar-refractivity contribution in [1.29, 1.82) is 0 Å². The molecule has 0 unspecified atom stereocenters. The average Bonchev–Trinajstić information content (AvgIpc) is 3.51. The number of benzene rings is 1. The molecule has 1 heterocycles. The molecule has 1 aromatic carbocycles. The number of primary amides is 1. The molecular formula is C20H25F3N4O4. The Kier molecular flexibility index (Phi) is 6.85. The van der Waals surface area contributed by atoms with Gasteiger partial charge in [-0.2, -0.15) is 13.2 Å². The maximum Gasteiger partial charge on any atom is 0.418 e. The van der Waals surface area contributed by atoms with E-state index in [4.69, 9.17) is 10.5 Å². The molecule has 3 N–H and O–H groups in total. The van der Waals surface area contributed by atoms with Gasteiger partial charge in [-0.1, -0.05) is 6.92 Å². The van der Waals surface area contributed by atoms with E-state index < -0.39 is 35.5 Å². The molecule has 1 aliphatic carbocycles. The second-order valence-electron chi connectivity index (χ2n) is 7.65. The number of morpholine rings is 1. The molecule has 8 nitrogen and oxygen atoms in total. The molecule has 2 aliphatic rings. The summed E-state index contributed by atoms with van der Waals surface area (Å²) in [6.07, 6.45) is -2.76. The summed E-state index contributed by atoms with van der Waals surface area (Å²) in [4.78, 5) is 39.3. The van der Waals surface area contributed by atoms with Crippen LogP contribution in [-0.4, -0.2) is 61.5 Å². The maximum absolute atomic E-state index is 13.7. The molecular weight excluding hydrogens is 417 g/mol. The molecule has 1 aromatic rings. The number of hydrogen-bond donors (Lipinski definition) is 2. The van der Waals surface area contributed by atoms with E-state index >= 15 is 0 Å². The summed E-state index contributed by atoms with van der Waals surface area (Å²) >= 11 is 0. The first-order chi connectivity index (χ1) is 14.6. The zero-order valence-electron chi connectivity index (χ0n) is 17.1. The Bertz CT molecular complexity index is 857. The van der Waals surface area contributed by atoms with Crippen LogP contribution in [0.15, 0.2) is 18.2 Å². The van der Waals surface area contributed by atoms with Crippen molar-refractivity contribution in [3.05, 3.63) is 23.8 Å². The minimum Gasteiger partial charge on any atom is -0.370 e. The molecule has 0 bridgehead atoms. The zero-order valence-corrected chi connectivity index (χ0v) is 17.1. The van der Waals surface area contributed by atoms with Gasteiger partial charge < -0.3 is 20.7 Å². The number of nitrogens with two attached hydrogens (primary N) is 1. The SMILES string of the molecule is CCN(CC1CC1)[C@@H](C(N)=O)C(=O)Nc1ccc(N2CCOCC2=O)c(C(F)(F)F)c1. The molecule has 1 saturated heterocycles. The second kappa shape index (κ2) is 9.23. The predicted molar refractivity (Wildman–Crippen MR) is 106 cm³/mol. The first kappa shape index (κ1) is 23.0. The molecule has 1 aliphatic heterocycles. The summed E-state index contributed by atoms with van der Waals surface area (Å²) in [5.41, 5.74) is 3.90. The molecule has 11 heteroatoms. The minimum atomic E-state index is -4.76. The van der Waals surface area contributed by atoms with Crippen molar-refractivity contribution < 1.29 is 32.3 Å². The standard InChI is InChI=1S/C20H25F3N4O4/c1-2-26(10-12-3-4-12)17(18(24)29)19(30)25-13-5-6-15(14(9-13)20(21,22)23)27-7-8-31-11-16(27)28/h5-6,9,12,17H,2-4,7-8,10-11H2,1H3,(H2,24,29)(H,25,30)/t17-/m0/s1. The fourth-order valence-corrected chi connectivity index (χ4v) is 3.58. The van der Waals surface area contributed by atoms with Gasteiger partial charge >= 0.3 is 6.18 Å². The van der Waals surface area contributed by atoms with Gasteiger partial charge in [0.05, 0.1) is 17.9 Å². The summed E-state index contributed by atoms with van der Waals surface area (Å²) in [5, 5.41) is 2.38.